The van der Waals surface area contributed by atoms with Gasteiger partial charge in [0.25, 0.3) is 0 Å². The van der Waals surface area contributed by atoms with E-state index in [1.165, 1.54) is 38.1 Å². The monoisotopic (exact) mass is 452 g/mol. The zero-order valence-corrected chi connectivity index (χ0v) is 18.6. The Morgan fingerprint density at radius 2 is 1.64 bits per heavy atom. The minimum Gasteiger partial charge on any atom is -0.507 e. The predicted molar refractivity (Wildman–Crippen MR) is 128 cm³/mol. The molecule has 3 aromatic rings. The number of carbonyl (C=O) groups excluding carboxylic acids is 1. The molecule has 0 spiro atoms. The lowest BCUT2D eigenvalue weighted by Gasteiger charge is -2.17. The van der Waals surface area contributed by atoms with Gasteiger partial charge in [0, 0.05) is 28.1 Å². The third kappa shape index (κ3) is 6.11. The van der Waals surface area contributed by atoms with E-state index in [-0.39, 0.29) is 22.8 Å². The largest absolute Gasteiger partial charge is 0.507 e. The molecule has 0 fully saturated rings. The van der Waals surface area contributed by atoms with Crippen molar-refractivity contribution < 1.29 is 23.8 Å². The van der Waals surface area contributed by atoms with Crippen LogP contribution in [0.15, 0.2) is 73.3 Å². The topological polar surface area (TPSA) is 93.4 Å². The number of aliphatic hydroxyl groups is 1. The zero-order valence-electron chi connectivity index (χ0n) is 18.6. The Hall–Kier alpha value is -3.84. The molecule has 172 valence electrons. The van der Waals surface area contributed by atoms with E-state index in [2.05, 4.69) is 11.9 Å². The van der Waals surface area contributed by atoms with E-state index in [9.17, 15) is 23.8 Å². The molecule has 0 bridgehead atoms. The van der Waals surface area contributed by atoms with Gasteiger partial charge in [-0.15, -0.1) is 0 Å². The van der Waals surface area contributed by atoms with Crippen molar-refractivity contribution in [3.63, 3.8) is 0 Å². The second-order valence-electron chi connectivity index (χ2n) is 7.66. The van der Waals surface area contributed by atoms with Gasteiger partial charge in [0.1, 0.15) is 22.9 Å². The summed E-state index contributed by atoms with van der Waals surface area (Å²) < 4.78 is 23.4. The number of benzene rings is 3. The quantitative estimate of drug-likeness (QED) is 0.352. The molecule has 3 rings (SSSR count). The van der Waals surface area contributed by atoms with Gasteiger partial charge in [0.05, 0.1) is 7.18 Å². The third-order valence-corrected chi connectivity index (χ3v) is 4.76. The summed E-state index contributed by atoms with van der Waals surface area (Å²) in [6, 6.07) is 17.7. The van der Waals surface area contributed by atoms with Gasteiger partial charge >= 0.3 is 0 Å². The molecule has 33 heavy (non-hydrogen) atoms. The van der Waals surface area contributed by atoms with Crippen molar-refractivity contribution in [1.82, 2.24) is 0 Å². The maximum Gasteiger partial charge on any atom is 0.211 e. The van der Waals surface area contributed by atoms with Crippen molar-refractivity contribution in [2.75, 3.05) is 12.5 Å². The molecule has 4 N–H and O–H groups in total. The van der Waals surface area contributed by atoms with Crippen LogP contribution in [0.5, 0.6) is 5.75 Å². The summed E-state index contributed by atoms with van der Waals surface area (Å²) in [4.78, 5) is 12.2. The number of hydrogen-bond donors (Lipinski definition) is 4. The van der Waals surface area contributed by atoms with Crippen LogP contribution in [-0.4, -0.2) is 34.5 Å². The molecule has 0 aliphatic carbocycles. The molecule has 0 heterocycles. The Morgan fingerprint density at radius 3 is 2.21 bits per heavy atom. The Labute approximate surface area is 191 Å². The van der Waals surface area contributed by atoms with Gasteiger partial charge in [0.15, 0.2) is 0 Å². The highest BCUT2D eigenvalue weighted by Crippen LogP contribution is 2.32. The SMILES string of the molecule is C=C(Nc1ccc(-c2cc(C(=N)C(=O)C(C)(C)O)ccc2O)cc1)c1ccccc1F.CF. The maximum absolute atomic E-state index is 13.9. The molecule has 0 atom stereocenters. The van der Waals surface area contributed by atoms with Gasteiger partial charge in [-0.1, -0.05) is 30.8 Å². The lowest BCUT2D eigenvalue weighted by atomic mass is 9.93. The minimum atomic E-state index is -1.66. The second kappa shape index (κ2) is 10.7. The molecule has 5 nitrogen and oxygen atoms in total. The Balaban J connectivity index is 0.00000187. The number of carbonyl (C=O) groups is 1. The van der Waals surface area contributed by atoms with Crippen LogP contribution >= 0.6 is 0 Å². The molecule has 0 radical (unpaired) electrons. The average molecular weight is 453 g/mol. The van der Waals surface area contributed by atoms with Gasteiger partial charge in [-0.25, -0.2) is 4.39 Å². The fourth-order valence-corrected chi connectivity index (χ4v) is 3.04. The summed E-state index contributed by atoms with van der Waals surface area (Å²) in [6.07, 6.45) is 0. The van der Waals surface area contributed by atoms with Crippen molar-refractivity contribution in [1.29, 1.82) is 5.41 Å². The summed E-state index contributed by atoms with van der Waals surface area (Å²) in [6.45, 7) is 6.53. The molecule has 7 heteroatoms. The minimum absolute atomic E-state index is 0.0104. The van der Waals surface area contributed by atoms with E-state index in [1.54, 1.807) is 42.5 Å². The Kier molecular flexibility index (Phi) is 8.21. The van der Waals surface area contributed by atoms with E-state index in [4.69, 9.17) is 5.41 Å². The summed E-state index contributed by atoms with van der Waals surface area (Å²) >= 11 is 0. The van der Waals surface area contributed by atoms with Gasteiger partial charge in [-0.05, 0) is 61.9 Å². The first-order chi connectivity index (χ1) is 15.6. The molecule has 0 saturated heterocycles. The number of phenolic OH excluding ortho intramolecular Hbond substituents is 1. The number of alkyl halides is 1. The molecule has 0 aliphatic heterocycles. The summed E-state index contributed by atoms with van der Waals surface area (Å²) in [7, 11) is 0.500. The summed E-state index contributed by atoms with van der Waals surface area (Å²) in [5, 5.41) is 31.3. The van der Waals surface area contributed by atoms with Crippen LogP contribution in [0.1, 0.15) is 25.0 Å². The highest BCUT2D eigenvalue weighted by atomic mass is 19.1. The molecule has 0 unspecified atom stereocenters. The first kappa shape index (κ1) is 25.4. The zero-order chi connectivity index (χ0) is 24.8. The Bertz CT molecular complexity index is 1170. The van der Waals surface area contributed by atoms with Gasteiger partial charge in [0.2, 0.25) is 5.78 Å². The van der Waals surface area contributed by atoms with E-state index < -0.39 is 11.4 Å². The van der Waals surface area contributed by atoms with Crippen molar-refractivity contribution in [3.05, 3.63) is 90.3 Å². The van der Waals surface area contributed by atoms with Crippen LogP contribution in [-0.2, 0) is 4.79 Å². The maximum atomic E-state index is 13.9. The fraction of sp³-hybridized carbons (Fsp3) is 0.154. The van der Waals surface area contributed by atoms with Crippen LogP contribution in [0.3, 0.4) is 0 Å². The molecule has 3 aromatic carbocycles. The number of rotatable bonds is 7. The molecule has 0 amide bonds. The second-order valence-corrected chi connectivity index (χ2v) is 7.66. The predicted octanol–water partition coefficient (Wildman–Crippen LogP) is 5.57. The van der Waals surface area contributed by atoms with Gasteiger partial charge in [-0.2, -0.15) is 0 Å². The first-order valence-corrected chi connectivity index (χ1v) is 9.96. The van der Waals surface area contributed by atoms with E-state index in [0.29, 0.717) is 35.3 Å². The number of phenols is 1. The average Bonchev–Trinajstić information content (AvgIpc) is 2.80. The number of anilines is 1. The highest BCUT2D eigenvalue weighted by molar-refractivity contribution is 6.47. The summed E-state index contributed by atoms with van der Waals surface area (Å²) in [5.74, 6) is -1.10. The molecule has 0 aromatic heterocycles. The number of hydrogen-bond acceptors (Lipinski definition) is 5. The summed E-state index contributed by atoms with van der Waals surface area (Å²) in [5.41, 5.74) is 0.834. The van der Waals surface area contributed by atoms with Crippen LogP contribution < -0.4 is 5.32 Å². The molecule has 0 aliphatic rings. The van der Waals surface area contributed by atoms with E-state index >= 15 is 0 Å². The number of ketones is 1. The number of aromatic hydroxyl groups is 1. The van der Waals surface area contributed by atoms with Crippen LogP contribution in [0.25, 0.3) is 16.8 Å². The van der Waals surface area contributed by atoms with Crippen molar-refractivity contribution >= 4 is 22.9 Å². The normalized spacial score (nSPS) is 10.6. The van der Waals surface area contributed by atoms with Crippen molar-refractivity contribution in [2.45, 2.75) is 19.4 Å². The van der Waals surface area contributed by atoms with Crippen LogP contribution in [0.2, 0.25) is 0 Å². The number of nitrogens with one attached hydrogen (secondary N) is 2. The number of Topliss-reactive ketones (excluding diaryl/α,β-unsaturated/α-hetero) is 1. The number of halogens is 2. The lowest BCUT2D eigenvalue weighted by molar-refractivity contribution is -0.126. The van der Waals surface area contributed by atoms with E-state index in [0.717, 1.165) is 0 Å². The lowest BCUT2D eigenvalue weighted by Crippen LogP contribution is -2.37. The van der Waals surface area contributed by atoms with Gasteiger partial charge < -0.3 is 15.5 Å². The first-order valence-electron chi connectivity index (χ1n) is 9.96. The molecular formula is C26H26F2N2O3. The molecular weight excluding hydrogens is 426 g/mol. The molecule has 0 saturated carbocycles. The smallest absolute Gasteiger partial charge is 0.211 e. The van der Waals surface area contributed by atoms with Crippen LogP contribution in [0.4, 0.5) is 14.5 Å². The van der Waals surface area contributed by atoms with Crippen molar-refractivity contribution in [2.24, 2.45) is 0 Å². The standard InChI is InChI=1S/C25H23FN2O3.CH3F/c1-15(19-6-4-5-7-21(19)26)28-18-11-8-16(9-12-18)20-14-17(10-13-22(20)29)23(27)24(30)25(2,3)31;1-2/h4-14,27-29,31H,1H2,2-3H3;1H3. The Morgan fingerprint density at radius 1 is 1.03 bits per heavy atom. The highest BCUT2D eigenvalue weighted by Gasteiger charge is 2.28. The van der Waals surface area contributed by atoms with Crippen LogP contribution in [0, 0.1) is 11.2 Å². The van der Waals surface area contributed by atoms with Crippen molar-refractivity contribution in [3.8, 4) is 16.9 Å². The fourth-order valence-electron chi connectivity index (χ4n) is 3.04. The van der Waals surface area contributed by atoms with Gasteiger partial charge in [-0.3, -0.25) is 14.6 Å². The van der Waals surface area contributed by atoms with E-state index in [1.807, 2.05) is 0 Å². The third-order valence-electron chi connectivity index (χ3n) is 4.76.